The van der Waals surface area contributed by atoms with Crippen molar-refractivity contribution in [3.05, 3.63) is 53.9 Å². The number of carbonyl (C=O) groups is 3. The van der Waals surface area contributed by atoms with Crippen LogP contribution in [0.5, 0.6) is 5.75 Å². The van der Waals surface area contributed by atoms with E-state index in [2.05, 4.69) is 10.3 Å². The van der Waals surface area contributed by atoms with Crippen LogP contribution in [0, 0.1) is 5.92 Å². The molecule has 3 atom stereocenters. The second kappa shape index (κ2) is 11.8. The van der Waals surface area contributed by atoms with Gasteiger partial charge in [-0.2, -0.15) is 0 Å². The van der Waals surface area contributed by atoms with Gasteiger partial charge in [-0.15, -0.1) is 0 Å². The van der Waals surface area contributed by atoms with E-state index < -0.39 is 0 Å². The molecule has 188 valence electrons. The van der Waals surface area contributed by atoms with E-state index in [-0.39, 0.29) is 48.8 Å². The van der Waals surface area contributed by atoms with Crippen LogP contribution in [0.3, 0.4) is 0 Å². The molecule has 0 radical (unpaired) electrons. The third-order valence-corrected chi connectivity index (χ3v) is 6.16. The summed E-state index contributed by atoms with van der Waals surface area (Å²) in [5, 5.41) is 2.71. The number of nitrogens with one attached hydrogen (secondary N) is 1. The molecule has 0 saturated carbocycles. The lowest BCUT2D eigenvalue weighted by Gasteiger charge is -2.36. The normalized spacial score (nSPS) is 21.3. The highest BCUT2D eigenvalue weighted by Crippen LogP contribution is 2.26. The van der Waals surface area contributed by atoms with E-state index in [1.165, 1.54) is 6.92 Å². The molecule has 1 aromatic heterocycles. The van der Waals surface area contributed by atoms with Gasteiger partial charge in [0.15, 0.2) is 0 Å². The lowest BCUT2D eigenvalue weighted by atomic mass is 10.0. The third-order valence-electron chi connectivity index (χ3n) is 6.16. The Morgan fingerprint density at radius 1 is 1.23 bits per heavy atom. The predicted octanol–water partition coefficient (Wildman–Crippen LogP) is 2.62. The van der Waals surface area contributed by atoms with Gasteiger partial charge in [0.1, 0.15) is 12.4 Å². The van der Waals surface area contributed by atoms with Crippen molar-refractivity contribution in [2.75, 3.05) is 39.2 Å². The lowest BCUT2D eigenvalue weighted by Crippen LogP contribution is -2.49. The zero-order valence-corrected chi connectivity index (χ0v) is 21.0. The highest BCUT2D eigenvalue weighted by Gasteiger charge is 2.30. The Hall–Kier alpha value is -3.46. The molecule has 0 spiro atoms. The zero-order chi connectivity index (χ0) is 25.5. The van der Waals surface area contributed by atoms with Gasteiger partial charge >= 0.3 is 0 Å². The number of methoxy groups -OCH3 is 1. The molecule has 1 aromatic carbocycles. The second-order valence-corrected chi connectivity index (χ2v) is 9.07. The van der Waals surface area contributed by atoms with Crippen molar-refractivity contribution in [2.45, 2.75) is 39.3 Å². The SMILES string of the molecule is CO[C@H]1CN(C)C(=O)c2cc(NC(C)=O)ccc2OC[C@H](C)N(C(=O)Cc2cccnc2)C[C@@H]1C. The van der Waals surface area contributed by atoms with Crippen LogP contribution in [-0.4, -0.2) is 78.5 Å². The van der Waals surface area contributed by atoms with Crippen LogP contribution in [0.2, 0.25) is 0 Å². The average Bonchev–Trinajstić information content (AvgIpc) is 2.83. The number of likely N-dealkylation sites (N-methyl/N-ethyl adjacent to an activating group) is 1. The predicted molar refractivity (Wildman–Crippen MR) is 132 cm³/mol. The summed E-state index contributed by atoms with van der Waals surface area (Å²) in [6.07, 6.45) is 3.32. The fraction of sp³-hybridized carbons (Fsp3) is 0.462. The molecule has 3 rings (SSSR count). The topological polar surface area (TPSA) is 101 Å². The minimum absolute atomic E-state index is 0.0291. The quantitative estimate of drug-likeness (QED) is 0.719. The Morgan fingerprint density at radius 2 is 2.00 bits per heavy atom. The molecule has 3 amide bonds. The number of pyridine rings is 1. The Kier molecular flexibility index (Phi) is 8.81. The summed E-state index contributed by atoms with van der Waals surface area (Å²) in [4.78, 5) is 45.7. The van der Waals surface area contributed by atoms with Crippen LogP contribution in [-0.2, 0) is 20.7 Å². The second-order valence-electron chi connectivity index (χ2n) is 9.07. The Bertz CT molecular complexity index is 1050. The molecular weight excluding hydrogens is 448 g/mol. The van der Waals surface area contributed by atoms with E-state index >= 15 is 0 Å². The van der Waals surface area contributed by atoms with Gasteiger partial charge in [-0.25, -0.2) is 0 Å². The number of benzene rings is 1. The summed E-state index contributed by atoms with van der Waals surface area (Å²) in [6, 6.07) is 8.41. The van der Waals surface area contributed by atoms with E-state index in [1.54, 1.807) is 49.7 Å². The zero-order valence-electron chi connectivity index (χ0n) is 21.0. The molecule has 9 heteroatoms. The fourth-order valence-electron chi connectivity index (χ4n) is 4.18. The first-order valence-corrected chi connectivity index (χ1v) is 11.7. The summed E-state index contributed by atoms with van der Waals surface area (Å²) < 4.78 is 11.8. The monoisotopic (exact) mass is 482 g/mol. The summed E-state index contributed by atoms with van der Waals surface area (Å²) in [6.45, 7) is 6.34. The van der Waals surface area contributed by atoms with Crippen LogP contribution in [0.1, 0.15) is 36.7 Å². The smallest absolute Gasteiger partial charge is 0.257 e. The van der Waals surface area contributed by atoms with Crippen molar-refractivity contribution in [2.24, 2.45) is 5.92 Å². The van der Waals surface area contributed by atoms with E-state index in [4.69, 9.17) is 9.47 Å². The third kappa shape index (κ3) is 6.79. The summed E-state index contributed by atoms with van der Waals surface area (Å²) in [5.74, 6) is -0.146. The van der Waals surface area contributed by atoms with Gasteiger partial charge in [0, 0.05) is 58.2 Å². The van der Waals surface area contributed by atoms with Crippen molar-refractivity contribution < 1.29 is 23.9 Å². The van der Waals surface area contributed by atoms with Crippen LogP contribution < -0.4 is 10.1 Å². The molecular formula is C26H34N4O5. The van der Waals surface area contributed by atoms with Gasteiger partial charge in [-0.3, -0.25) is 19.4 Å². The van der Waals surface area contributed by atoms with Gasteiger partial charge < -0.3 is 24.6 Å². The number of amides is 3. The van der Waals surface area contributed by atoms with Gasteiger partial charge in [-0.05, 0) is 36.8 Å². The van der Waals surface area contributed by atoms with Crippen molar-refractivity contribution in [3.63, 3.8) is 0 Å². The van der Waals surface area contributed by atoms with E-state index in [0.29, 0.717) is 30.1 Å². The molecule has 1 N–H and O–H groups in total. The Morgan fingerprint density at radius 3 is 2.66 bits per heavy atom. The van der Waals surface area contributed by atoms with Gasteiger partial charge in [0.25, 0.3) is 5.91 Å². The number of rotatable bonds is 4. The summed E-state index contributed by atoms with van der Waals surface area (Å²) >= 11 is 0. The van der Waals surface area contributed by atoms with Crippen molar-refractivity contribution in [1.82, 2.24) is 14.8 Å². The highest BCUT2D eigenvalue weighted by atomic mass is 16.5. The largest absolute Gasteiger partial charge is 0.491 e. The van der Waals surface area contributed by atoms with E-state index in [0.717, 1.165) is 5.56 Å². The van der Waals surface area contributed by atoms with Crippen LogP contribution >= 0.6 is 0 Å². The molecule has 0 aliphatic carbocycles. The number of fused-ring (bicyclic) bond motifs is 1. The molecule has 0 bridgehead atoms. The van der Waals surface area contributed by atoms with Crippen molar-refractivity contribution >= 4 is 23.4 Å². The molecule has 9 nitrogen and oxygen atoms in total. The number of carbonyl (C=O) groups excluding carboxylic acids is 3. The maximum Gasteiger partial charge on any atom is 0.257 e. The van der Waals surface area contributed by atoms with Crippen LogP contribution in [0.4, 0.5) is 5.69 Å². The van der Waals surface area contributed by atoms with Crippen molar-refractivity contribution in [1.29, 1.82) is 0 Å². The highest BCUT2D eigenvalue weighted by molar-refractivity contribution is 5.99. The van der Waals surface area contributed by atoms with E-state index in [1.807, 2.05) is 30.9 Å². The fourth-order valence-corrected chi connectivity index (χ4v) is 4.18. The number of hydrogen-bond acceptors (Lipinski definition) is 6. The molecule has 0 saturated heterocycles. The van der Waals surface area contributed by atoms with E-state index in [9.17, 15) is 14.4 Å². The van der Waals surface area contributed by atoms with Gasteiger partial charge in [0.05, 0.1) is 24.1 Å². The Labute approximate surface area is 206 Å². The van der Waals surface area contributed by atoms with Crippen molar-refractivity contribution in [3.8, 4) is 5.75 Å². The van der Waals surface area contributed by atoms with Crippen LogP contribution in [0.25, 0.3) is 0 Å². The maximum absolute atomic E-state index is 13.3. The Balaban J connectivity index is 1.94. The molecule has 0 unspecified atom stereocenters. The number of ether oxygens (including phenoxy) is 2. The molecule has 1 aliphatic rings. The minimum atomic E-state index is -0.285. The van der Waals surface area contributed by atoms with Gasteiger partial charge in [0.2, 0.25) is 11.8 Å². The maximum atomic E-state index is 13.3. The number of aromatic nitrogens is 1. The number of nitrogens with zero attached hydrogens (tertiary/aromatic N) is 3. The number of anilines is 1. The lowest BCUT2D eigenvalue weighted by molar-refractivity contribution is -0.134. The van der Waals surface area contributed by atoms with Gasteiger partial charge in [-0.1, -0.05) is 13.0 Å². The molecule has 1 aliphatic heterocycles. The molecule has 35 heavy (non-hydrogen) atoms. The van der Waals surface area contributed by atoms with Crippen LogP contribution in [0.15, 0.2) is 42.7 Å². The molecule has 0 fully saturated rings. The summed E-state index contributed by atoms with van der Waals surface area (Å²) in [7, 11) is 3.32. The minimum Gasteiger partial charge on any atom is -0.491 e. The first-order valence-electron chi connectivity index (χ1n) is 11.7. The number of hydrogen-bond donors (Lipinski definition) is 1. The standard InChI is InChI=1S/C26H34N4O5/c1-17-14-30(25(32)11-20-7-6-10-27-13-20)18(2)16-35-23-9-8-21(28-19(3)31)12-22(23)26(33)29(4)15-24(17)34-5/h6-10,12-13,17-18,24H,11,14-16H2,1-5H3,(H,28,31)/t17-,18-,24-/m0/s1. The molecule has 2 aromatic rings. The first-order chi connectivity index (χ1) is 16.7. The first kappa shape index (κ1) is 26.2. The molecule has 2 heterocycles. The average molecular weight is 483 g/mol. The summed E-state index contributed by atoms with van der Waals surface area (Å²) in [5.41, 5.74) is 1.68.